The molecule has 0 radical (unpaired) electrons. The van der Waals surface area contributed by atoms with Crippen LogP contribution in [0.4, 0.5) is 8.78 Å². The standard InChI is InChI=1S/C25H24F2N4O3/c26-19-2-1-3-20(27)24(19)21-13-16(23-22(30-21)15-29-25(23)32)12-17-4-5-18(14-28-17)34-11-8-31-6-9-33-10-7-31/h1-5,13-14H,6-12,15H2,(H,29,32). The van der Waals surface area contributed by atoms with Crippen LogP contribution in [-0.4, -0.2) is 60.2 Å². The predicted octanol–water partition coefficient (Wildman–Crippen LogP) is 2.97. The van der Waals surface area contributed by atoms with Crippen molar-refractivity contribution in [3.05, 3.63) is 76.7 Å². The molecule has 0 bridgehead atoms. The quantitative estimate of drug-likeness (QED) is 0.577. The van der Waals surface area contributed by atoms with Gasteiger partial charge in [0.05, 0.1) is 48.5 Å². The van der Waals surface area contributed by atoms with Crippen molar-refractivity contribution in [1.29, 1.82) is 0 Å². The van der Waals surface area contributed by atoms with E-state index < -0.39 is 11.6 Å². The molecular formula is C25H24F2N4O3. The average molecular weight is 466 g/mol. The second-order valence-electron chi connectivity index (χ2n) is 8.23. The molecule has 3 aromatic rings. The van der Waals surface area contributed by atoms with E-state index in [0.29, 0.717) is 41.3 Å². The third-order valence-corrected chi connectivity index (χ3v) is 5.99. The van der Waals surface area contributed by atoms with Crippen LogP contribution in [0.2, 0.25) is 0 Å². The molecule has 7 nitrogen and oxygen atoms in total. The zero-order chi connectivity index (χ0) is 23.5. The minimum atomic E-state index is -0.701. The Morgan fingerprint density at radius 2 is 1.88 bits per heavy atom. The van der Waals surface area contributed by atoms with Crippen molar-refractivity contribution in [2.24, 2.45) is 0 Å². The summed E-state index contributed by atoms with van der Waals surface area (Å²) in [5, 5.41) is 2.74. The highest BCUT2D eigenvalue weighted by molar-refractivity contribution is 5.99. The normalized spacial score (nSPS) is 15.8. The first-order valence-electron chi connectivity index (χ1n) is 11.2. The molecule has 0 spiro atoms. The number of fused-ring (bicyclic) bond motifs is 1. The third kappa shape index (κ3) is 4.76. The summed E-state index contributed by atoms with van der Waals surface area (Å²) in [4.78, 5) is 23.5. The van der Waals surface area contributed by atoms with Crippen LogP contribution in [0, 0.1) is 11.6 Å². The van der Waals surface area contributed by atoms with E-state index in [0.717, 1.165) is 32.8 Å². The molecular weight excluding hydrogens is 442 g/mol. The Balaban J connectivity index is 1.33. The molecule has 4 heterocycles. The highest BCUT2D eigenvalue weighted by atomic mass is 19.1. The summed E-state index contributed by atoms with van der Waals surface area (Å²) in [6.45, 7) is 4.90. The number of amides is 1. The lowest BCUT2D eigenvalue weighted by atomic mass is 9.98. The minimum Gasteiger partial charge on any atom is -0.491 e. The van der Waals surface area contributed by atoms with Gasteiger partial charge in [0.25, 0.3) is 5.91 Å². The lowest BCUT2D eigenvalue weighted by Crippen LogP contribution is -2.38. The lowest BCUT2D eigenvalue weighted by molar-refractivity contribution is 0.0322. The second-order valence-corrected chi connectivity index (χ2v) is 8.23. The number of halogens is 2. The molecule has 1 fully saturated rings. The van der Waals surface area contributed by atoms with Gasteiger partial charge in [-0.05, 0) is 35.9 Å². The SMILES string of the molecule is O=C1NCc2nc(-c3c(F)cccc3F)cc(Cc3ccc(OCCN4CCOCC4)cn3)c21. The van der Waals surface area contributed by atoms with Crippen molar-refractivity contribution in [2.45, 2.75) is 13.0 Å². The number of hydrogen-bond acceptors (Lipinski definition) is 6. The van der Waals surface area contributed by atoms with Crippen molar-refractivity contribution in [3.63, 3.8) is 0 Å². The Labute approximate surface area is 195 Å². The van der Waals surface area contributed by atoms with Crippen molar-refractivity contribution in [3.8, 4) is 17.0 Å². The summed E-state index contributed by atoms with van der Waals surface area (Å²) >= 11 is 0. The molecule has 1 aromatic carbocycles. The molecule has 1 amide bonds. The Kier molecular flexibility index (Phi) is 6.46. The maximum Gasteiger partial charge on any atom is 0.253 e. The van der Waals surface area contributed by atoms with Gasteiger partial charge in [-0.15, -0.1) is 0 Å². The molecule has 2 aliphatic heterocycles. The molecule has 0 unspecified atom stereocenters. The van der Waals surface area contributed by atoms with E-state index in [1.54, 1.807) is 12.3 Å². The van der Waals surface area contributed by atoms with Gasteiger partial charge >= 0.3 is 0 Å². The Morgan fingerprint density at radius 3 is 2.62 bits per heavy atom. The van der Waals surface area contributed by atoms with Crippen molar-refractivity contribution in [2.75, 3.05) is 39.5 Å². The van der Waals surface area contributed by atoms with Crippen LogP contribution in [-0.2, 0) is 17.7 Å². The average Bonchev–Trinajstić information content (AvgIpc) is 3.22. The zero-order valence-electron chi connectivity index (χ0n) is 18.5. The first kappa shape index (κ1) is 22.4. The molecule has 5 rings (SSSR count). The summed E-state index contributed by atoms with van der Waals surface area (Å²) in [6, 6.07) is 8.92. The highest BCUT2D eigenvalue weighted by Gasteiger charge is 2.27. The Bertz CT molecular complexity index is 1180. The molecule has 2 aliphatic rings. The summed E-state index contributed by atoms with van der Waals surface area (Å²) in [7, 11) is 0. The number of morpholine rings is 1. The smallest absolute Gasteiger partial charge is 0.253 e. The number of pyridine rings is 2. The molecule has 0 atom stereocenters. The van der Waals surface area contributed by atoms with Gasteiger partial charge in [-0.2, -0.15) is 0 Å². The number of carbonyl (C=O) groups excluding carboxylic acids is 1. The highest BCUT2D eigenvalue weighted by Crippen LogP contribution is 2.30. The maximum atomic E-state index is 14.4. The van der Waals surface area contributed by atoms with Gasteiger partial charge in [-0.25, -0.2) is 13.8 Å². The monoisotopic (exact) mass is 466 g/mol. The van der Waals surface area contributed by atoms with Gasteiger partial charge < -0.3 is 14.8 Å². The zero-order valence-corrected chi connectivity index (χ0v) is 18.5. The largest absolute Gasteiger partial charge is 0.491 e. The summed E-state index contributed by atoms with van der Waals surface area (Å²) < 4.78 is 39.9. The van der Waals surface area contributed by atoms with E-state index in [1.807, 2.05) is 12.1 Å². The van der Waals surface area contributed by atoms with Crippen LogP contribution in [0.5, 0.6) is 5.75 Å². The van der Waals surface area contributed by atoms with Crippen LogP contribution in [0.15, 0.2) is 42.6 Å². The van der Waals surface area contributed by atoms with E-state index in [1.165, 1.54) is 18.2 Å². The topological polar surface area (TPSA) is 76.6 Å². The van der Waals surface area contributed by atoms with Crippen molar-refractivity contribution in [1.82, 2.24) is 20.2 Å². The molecule has 176 valence electrons. The number of nitrogens with zero attached hydrogens (tertiary/aromatic N) is 3. The van der Waals surface area contributed by atoms with E-state index in [4.69, 9.17) is 9.47 Å². The first-order chi connectivity index (χ1) is 16.6. The van der Waals surface area contributed by atoms with Crippen molar-refractivity contribution < 1.29 is 23.0 Å². The molecule has 34 heavy (non-hydrogen) atoms. The molecule has 9 heteroatoms. The number of rotatable bonds is 7. The van der Waals surface area contributed by atoms with Crippen LogP contribution in [0.1, 0.15) is 27.3 Å². The number of ether oxygens (including phenoxy) is 2. The number of aromatic nitrogens is 2. The Morgan fingerprint density at radius 1 is 1.09 bits per heavy atom. The lowest BCUT2D eigenvalue weighted by Gasteiger charge is -2.26. The van der Waals surface area contributed by atoms with Gasteiger partial charge in [-0.1, -0.05) is 6.07 Å². The fraction of sp³-hybridized carbons (Fsp3) is 0.320. The van der Waals surface area contributed by atoms with Crippen molar-refractivity contribution >= 4 is 5.91 Å². The van der Waals surface area contributed by atoms with Crippen LogP contribution in [0.25, 0.3) is 11.3 Å². The van der Waals surface area contributed by atoms with Crippen LogP contribution >= 0.6 is 0 Å². The molecule has 0 saturated carbocycles. The van der Waals surface area contributed by atoms with E-state index in [2.05, 4.69) is 20.2 Å². The van der Waals surface area contributed by atoms with Crippen LogP contribution < -0.4 is 10.1 Å². The summed E-state index contributed by atoms with van der Waals surface area (Å²) in [5.41, 5.74) is 2.18. The fourth-order valence-electron chi connectivity index (χ4n) is 4.24. The number of benzene rings is 1. The van der Waals surface area contributed by atoms with Gasteiger partial charge in [-0.3, -0.25) is 14.7 Å². The predicted molar refractivity (Wildman–Crippen MR) is 121 cm³/mol. The van der Waals surface area contributed by atoms with Crippen LogP contribution in [0.3, 0.4) is 0 Å². The molecule has 2 aromatic heterocycles. The maximum absolute atomic E-state index is 14.4. The molecule has 0 aliphatic carbocycles. The van der Waals surface area contributed by atoms with E-state index in [-0.39, 0.29) is 23.7 Å². The summed E-state index contributed by atoms with van der Waals surface area (Å²) in [5.74, 6) is -0.996. The van der Waals surface area contributed by atoms with Gasteiger partial charge in [0.15, 0.2) is 0 Å². The minimum absolute atomic E-state index is 0.156. The Hall–Kier alpha value is -3.43. The molecule has 1 N–H and O–H groups in total. The van der Waals surface area contributed by atoms with Gasteiger partial charge in [0.2, 0.25) is 0 Å². The fourth-order valence-corrected chi connectivity index (χ4v) is 4.24. The number of hydrogen-bond donors (Lipinski definition) is 1. The second kappa shape index (κ2) is 9.82. The van der Waals surface area contributed by atoms with Gasteiger partial charge in [0.1, 0.15) is 24.0 Å². The number of carbonyl (C=O) groups is 1. The molecule has 1 saturated heterocycles. The third-order valence-electron chi connectivity index (χ3n) is 5.99. The first-order valence-corrected chi connectivity index (χ1v) is 11.2. The van der Waals surface area contributed by atoms with E-state index >= 15 is 0 Å². The number of nitrogens with one attached hydrogen (secondary N) is 1. The van der Waals surface area contributed by atoms with E-state index in [9.17, 15) is 13.6 Å². The van der Waals surface area contributed by atoms with Gasteiger partial charge in [0, 0.05) is 31.7 Å². The summed E-state index contributed by atoms with van der Waals surface area (Å²) in [6.07, 6.45) is 1.96.